The Morgan fingerprint density at radius 3 is 2.70 bits per heavy atom. The van der Waals surface area contributed by atoms with Gasteiger partial charge in [-0.15, -0.1) is 0 Å². The molecule has 5 heteroatoms. The molecule has 1 fully saturated rings. The zero-order chi connectivity index (χ0) is 13.9. The van der Waals surface area contributed by atoms with Gasteiger partial charge in [0.05, 0.1) is 6.20 Å². The molecule has 2 aromatic rings. The van der Waals surface area contributed by atoms with Gasteiger partial charge in [0, 0.05) is 24.2 Å². The number of piperidine rings is 1. The number of nitrogen functional groups attached to an aromatic ring is 1. The standard InChI is InChI=1S/C15H20N4O/c1-19-8-6-11(7-9-19)20-14-5-3-2-4-12(14)13-10-17-18-15(13)16/h2-5,10-11H,6-9H2,1H3,(H3,16,17,18). The summed E-state index contributed by atoms with van der Waals surface area (Å²) in [6.45, 7) is 2.17. The number of aromatic amines is 1. The quantitative estimate of drug-likeness (QED) is 0.898. The maximum absolute atomic E-state index is 6.19. The molecular formula is C15H20N4O. The molecule has 2 heterocycles. The normalized spacial score (nSPS) is 17.2. The highest BCUT2D eigenvalue weighted by atomic mass is 16.5. The van der Waals surface area contributed by atoms with E-state index < -0.39 is 0 Å². The summed E-state index contributed by atoms with van der Waals surface area (Å²) in [7, 11) is 2.15. The monoisotopic (exact) mass is 272 g/mol. The van der Waals surface area contributed by atoms with Gasteiger partial charge in [-0.1, -0.05) is 18.2 Å². The van der Waals surface area contributed by atoms with Crippen LogP contribution in [0.5, 0.6) is 5.75 Å². The van der Waals surface area contributed by atoms with Crippen LogP contribution in [0.2, 0.25) is 0 Å². The number of hydrogen-bond donors (Lipinski definition) is 2. The van der Waals surface area contributed by atoms with Crippen molar-refractivity contribution in [2.24, 2.45) is 0 Å². The number of rotatable bonds is 3. The Morgan fingerprint density at radius 2 is 2.00 bits per heavy atom. The largest absolute Gasteiger partial charge is 0.490 e. The van der Waals surface area contributed by atoms with Crippen LogP contribution in [0.4, 0.5) is 5.82 Å². The van der Waals surface area contributed by atoms with Gasteiger partial charge < -0.3 is 15.4 Å². The number of anilines is 1. The summed E-state index contributed by atoms with van der Waals surface area (Å²) in [5.41, 5.74) is 7.81. The van der Waals surface area contributed by atoms with Gasteiger partial charge in [0.25, 0.3) is 0 Å². The average Bonchev–Trinajstić information content (AvgIpc) is 2.88. The fourth-order valence-electron chi connectivity index (χ4n) is 2.58. The predicted octanol–water partition coefficient (Wildman–Crippen LogP) is 2.13. The first-order valence-electron chi connectivity index (χ1n) is 6.97. The lowest BCUT2D eigenvalue weighted by molar-refractivity contribution is 0.115. The van der Waals surface area contributed by atoms with E-state index in [9.17, 15) is 0 Å². The van der Waals surface area contributed by atoms with Crippen molar-refractivity contribution >= 4 is 5.82 Å². The molecule has 1 aromatic carbocycles. The number of H-pyrrole nitrogens is 1. The molecule has 1 aliphatic rings. The predicted molar refractivity (Wildman–Crippen MR) is 79.6 cm³/mol. The van der Waals surface area contributed by atoms with E-state index in [-0.39, 0.29) is 6.10 Å². The van der Waals surface area contributed by atoms with Crippen molar-refractivity contribution in [3.05, 3.63) is 30.5 Å². The molecular weight excluding hydrogens is 252 g/mol. The first-order chi connectivity index (χ1) is 9.74. The highest BCUT2D eigenvalue weighted by molar-refractivity contribution is 5.77. The summed E-state index contributed by atoms with van der Waals surface area (Å²) in [5, 5.41) is 6.75. The molecule has 3 rings (SSSR count). The van der Waals surface area contributed by atoms with E-state index in [0.29, 0.717) is 5.82 Å². The molecule has 0 amide bonds. The van der Waals surface area contributed by atoms with Crippen LogP contribution in [-0.2, 0) is 0 Å². The lowest BCUT2D eigenvalue weighted by Gasteiger charge is -2.29. The molecule has 106 valence electrons. The number of nitrogens with two attached hydrogens (primary N) is 1. The molecule has 5 nitrogen and oxygen atoms in total. The molecule has 1 aliphatic heterocycles. The third-order valence-electron chi connectivity index (χ3n) is 3.81. The van der Waals surface area contributed by atoms with Crippen LogP contribution in [0.15, 0.2) is 30.5 Å². The highest BCUT2D eigenvalue weighted by Crippen LogP contribution is 2.33. The number of nitrogens with one attached hydrogen (secondary N) is 1. The first kappa shape index (κ1) is 13.0. The first-order valence-corrected chi connectivity index (χ1v) is 6.97. The van der Waals surface area contributed by atoms with E-state index in [4.69, 9.17) is 10.5 Å². The van der Waals surface area contributed by atoms with Gasteiger partial charge in [-0.25, -0.2) is 0 Å². The number of nitrogens with zero attached hydrogens (tertiary/aromatic N) is 2. The summed E-state index contributed by atoms with van der Waals surface area (Å²) in [6.07, 6.45) is 4.14. The fourth-order valence-corrected chi connectivity index (χ4v) is 2.58. The van der Waals surface area contributed by atoms with Crippen molar-refractivity contribution in [1.82, 2.24) is 15.1 Å². The minimum Gasteiger partial charge on any atom is -0.490 e. The molecule has 0 bridgehead atoms. The molecule has 0 unspecified atom stereocenters. The molecule has 1 saturated heterocycles. The minimum atomic E-state index is 0.278. The van der Waals surface area contributed by atoms with Crippen molar-refractivity contribution < 1.29 is 4.74 Å². The SMILES string of the molecule is CN1CCC(Oc2ccccc2-c2cn[nH]c2N)CC1. The van der Waals surface area contributed by atoms with Gasteiger partial charge in [0.15, 0.2) is 0 Å². The van der Waals surface area contributed by atoms with Gasteiger partial charge >= 0.3 is 0 Å². The van der Waals surface area contributed by atoms with E-state index in [2.05, 4.69) is 22.1 Å². The van der Waals surface area contributed by atoms with Gasteiger partial charge in [0.1, 0.15) is 17.7 Å². The summed E-state index contributed by atoms with van der Waals surface area (Å²) in [5.74, 6) is 1.46. The third kappa shape index (κ3) is 2.63. The summed E-state index contributed by atoms with van der Waals surface area (Å²) >= 11 is 0. The molecule has 0 aliphatic carbocycles. The second-order valence-electron chi connectivity index (χ2n) is 5.31. The van der Waals surface area contributed by atoms with Crippen LogP contribution in [-0.4, -0.2) is 41.3 Å². The zero-order valence-electron chi connectivity index (χ0n) is 11.7. The number of aromatic nitrogens is 2. The van der Waals surface area contributed by atoms with E-state index in [1.54, 1.807) is 6.20 Å². The van der Waals surface area contributed by atoms with Crippen LogP contribution >= 0.6 is 0 Å². The molecule has 0 spiro atoms. The van der Waals surface area contributed by atoms with Crippen LogP contribution in [0.1, 0.15) is 12.8 Å². The van der Waals surface area contributed by atoms with Crippen molar-refractivity contribution in [2.75, 3.05) is 25.9 Å². The van der Waals surface area contributed by atoms with Crippen molar-refractivity contribution in [3.63, 3.8) is 0 Å². The van der Waals surface area contributed by atoms with Gasteiger partial charge in [-0.3, -0.25) is 5.10 Å². The van der Waals surface area contributed by atoms with Crippen molar-refractivity contribution in [2.45, 2.75) is 18.9 Å². The lowest BCUT2D eigenvalue weighted by Crippen LogP contribution is -2.35. The van der Waals surface area contributed by atoms with Gasteiger partial charge in [-0.2, -0.15) is 5.10 Å². The van der Waals surface area contributed by atoms with Crippen molar-refractivity contribution in [1.29, 1.82) is 0 Å². The number of likely N-dealkylation sites (tertiary alicyclic amines) is 1. The summed E-state index contributed by atoms with van der Waals surface area (Å²) < 4.78 is 6.19. The summed E-state index contributed by atoms with van der Waals surface area (Å²) in [4.78, 5) is 2.33. The van der Waals surface area contributed by atoms with E-state index in [1.165, 1.54) is 0 Å². The Balaban J connectivity index is 1.82. The highest BCUT2D eigenvalue weighted by Gasteiger charge is 2.20. The van der Waals surface area contributed by atoms with Gasteiger partial charge in [0.2, 0.25) is 0 Å². The van der Waals surface area contributed by atoms with E-state index in [1.807, 2.05) is 24.3 Å². The van der Waals surface area contributed by atoms with Crippen molar-refractivity contribution in [3.8, 4) is 16.9 Å². The maximum atomic E-state index is 6.19. The number of benzene rings is 1. The fraction of sp³-hybridized carbons (Fsp3) is 0.400. The van der Waals surface area contributed by atoms with Gasteiger partial charge in [-0.05, 0) is 26.0 Å². The Bertz CT molecular complexity index is 573. The van der Waals surface area contributed by atoms with Crippen LogP contribution in [0.25, 0.3) is 11.1 Å². The number of ether oxygens (including phenoxy) is 1. The lowest BCUT2D eigenvalue weighted by atomic mass is 10.1. The van der Waals surface area contributed by atoms with Crippen LogP contribution in [0.3, 0.4) is 0 Å². The molecule has 0 radical (unpaired) electrons. The zero-order valence-corrected chi connectivity index (χ0v) is 11.7. The summed E-state index contributed by atoms with van der Waals surface area (Å²) in [6, 6.07) is 8.00. The molecule has 1 aromatic heterocycles. The second-order valence-corrected chi connectivity index (χ2v) is 5.31. The second kappa shape index (κ2) is 5.54. The smallest absolute Gasteiger partial charge is 0.127 e. The maximum Gasteiger partial charge on any atom is 0.127 e. The van der Waals surface area contributed by atoms with E-state index in [0.717, 1.165) is 42.8 Å². The average molecular weight is 272 g/mol. The topological polar surface area (TPSA) is 67.2 Å². The molecule has 3 N–H and O–H groups in total. The Morgan fingerprint density at radius 1 is 1.25 bits per heavy atom. The van der Waals surface area contributed by atoms with Crippen LogP contribution < -0.4 is 10.5 Å². The Kier molecular flexibility index (Phi) is 3.60. The molecule has 0 saturated carbocycles. The number of hydrogen-bond acceptors (Lipinski definition) is 4. The van der Waals surface area contributed by atoms with Crippen LogP contribution in [0, 0.1) is 0 Å². The van der Waals surface area contributed by atoms with E-state index >= 15 is 0 Å². The Hall–Kier alpha value is -2.01. The molecule has 0 atom stereocenters. The number of para-hydroxylation sites is 1. The Labute approximate surface area is 118 Å². The molecule has 20 heavy (non-hydrogen) atoms. The third-order valence-corrected chi connectivity index (χ3v) is 3.81. The minimum absolute atomic E-state index is 0.278.